The van der Waals surface area contributed by atoms with Gasteiger partial charge in [0.1, 0.15) is 11.9 Å². The summed E-state index contributed by atoms with van der Waals surface area (Å²) in [5, 5.41) is 1.18. The molecule has 0 saturated carbocycles. The van der Waals surface area contributed by atoms with Crippen LogP contribution in [0.5, 0.6) is 17.2 Å². The molecule has 1 fully saturated rings. The predicted molar refractivity (Wildman–Crippen MR) is 107 cm³/mol. The van der Waals surface area contributed by atoms with Crippen molar-refractivity contribution in [3.8, 4) is 17.2 Å². The topological polar surface area (TPSA) is 43.8 Å². The first-order valence-electron chi connectivity index (χ1n) is 9.25. The third kappa shape index (κ3) is 3.77. The molecule has 0 bridgehead atoms. The normalized spacial score (nSPS) is 15.0. The third-order valence-corrected chi connectivity index (χ3v) is 5.05. The van der Waals surface area contributed by atoms with Crippen molar-refractivity contribution in [3.63, 3.8) is 0 Å². The van der Waals surface area contributed by atoms with E-state index in [1.807, 2.05) is 30.5 Å². The molecule has 1 aromatic heterocycles. The molecule has 0 unspecified atom stereocenters. The van der Waals surface area contributed by atoms with Crippen molar-refractivity contribution < 1.29 is 14.2 Å². The van der Waals surface area contributed by atoms with Crippen molar-refractivity contribution in [1.29, 1.82) is 0 Å². The Balaban J connectivity index is 1.39. The minimum Gasteiger partial charge on any atom is -0.493 e. The number of anilines is 1. The first-order valence-corrected chi connectivity index (χ1v) is 9.25. The van der Waals surface area contributed by atoms with Gasteiger partial charge in [0.25, 0.3) is 0 Å². The molecule has 140 valence electrons. The van der Waals surface area contributed by atoms with Gasteiger partial charge in [0.05, 0.1) is 19.7 Å². The van der Waals surface area contributed by atoms with Crippen molar-refractivity contribution in [2.45, 2.75) is 18.9 Å². The number of fused-ring (bicyclic) bond motifs is 1. The average molecular weight is 364 g/mol. The Bertz CT molecular complexity index is 920. The molecule has 0 spiro atoms. The summed E-state index contributed by atoms with van der Waals surface area (Å²) >= 11 is 0. The lowest BCUT2D eigenvalue weighted by Crippen LogP contribution is -2.38. The van der Waals surface area contributed by atoms with Crippen LogP contribution in [0.4, 0.5) is 5.69 Å². The van der Waals surface area contributed by atoms with Gasteiger partial charge in [-0.05, 0) is 36.4 Å². The van der Waals surface area contributed by atoms with Crippen molar-refractivity contribution in [2.24, 2.45) is 0 Å². The molecular weight excluding hydrogens is 340 g/mol. The number of piperidine rings is 1. The SMILES string of the molecule is COc1ccc(OC2CCN(c3ccc4ncccc4c3)CC2)cc1OC. The van der Waals surface area contributed by atoms with Crippen LogP contribution in [0, 0.1) is 0 Å². The van der Waals surface area contributed by atoms with E-state index in [1.54, 1.807) is 14.2 Å². The summed E-state index contributed by atoms with van der Waals surface area (Å²) in [7, 11) is 3.27. The Morgan fingerprint density at radius 1 is 0.926 bits per heavy atom. The molecule has 0 radical (unpaired) electrons. The number of methoxy groups -OCH3 is 2. The molecule has 2 aromatic carbocycles. The van der Waals surface area contributed by atoms with E-state index >= 15 is 0 Å². The van der Waals surface area contributed by atoms with E-state index in [0.717, 1.165) is 37.2 Å². The molecule has 2 heterocycles. The lowest BCUT2D eigenvalue weighted by molar-refractivity contribution is 0.170. The average Bonchev–Trinajstić information content (AvgIpc) is 2.74. The van der Waals surface area contributed by atoms with Gasteiger partial charge in [0.2, 0.25) is 0 Å². The summed E-state index contributed by atoms with van der Waals surface area (Å²) in [6, 6.07) is 16.3. The van der Waals surface area contributed by atoms with Crippen LogP contribution in [-0.4, -0.2) is 38.4 Å². The lowest BCUT2D eigenvalue weighted by atomic mass is 10.1. The second-order valence-corrected chi connectivity index (χ2v) is 6.70. The molecule has 1 aliphatic rings. The van der Waals surface area contributed by atoms with Crippen LogP contribution in [0.1, 0.15) is 12.8 Å². The van der Waals surface area contributed by atoms with Gasteiger partial charge in [-0.2, -0.15) is 0 Å². The van der Waals surface area contributed by atoms with Crippen molar-refractivity contribution in [3.05, 3.63) is 54.7 Å². The van der Waals surface area contributed by atoms with E-state index in [4.69, 9.17) is 14.2 Å². The van der Waals surface area contributed by atoms with Gasteiger partial charge in [-0.25, -0.2) is 0 Å². The highest BCUT2D eigenvalue weighted by molar-refractivity contribution is 5.82. The largest absolute Gasteiger partial charge is 0.493 e. The van der Waals surface area contributed by atoms with Gasteiger partial charge in [-0.3, -0.25) is 4.98 Å². The zero-order chi connectivity index (χ0) is 18.6. The number of rotatable bonds is 5. The third-order valence-electron chi connectivity index (χ3n) is 5.05. The molecule has 5 nitrogen and oxygen atoms in total. The summed E-state index contributed by atoms with van der Waals surface area (Å²) in [6.45, 7) is 1.95. The zero-order valence-electron chi connectivity index (χ0n) is 15.7. The van der Waals surface area contributed by atoms with E-state index in [2.05, 4.69) is 34.1 Å². The molecule has 1 aliphatic heterocycles. The first kappa shape index (κ1) is 17.5. The molecule has 0 aliphatic carbocycles. The number of pyridine rings is 1. The van der Waals surface area contributed by atoms with Gasteiger partial charge in [-0.1, -0.05) is 6.07 Å². The summed E-state index contributed by atoms with van der Waals surface area (Å²) in [6.07, 6.45) is 4.01. The number of benzene rings is 2. The number of aromatic nitrogens is 1. The molecule has 4 rings (SSSR count). The van der Waals surface area contributed by atoms with Crippen molar-refractivity contribution in [2.75, 3.05) is 32.2 Å². The Morgan fingerprint density at radius 3 is 2.52 bits per heavy atom. The molecule has 27 heavy (non-hydrogen) atoms. The summed E-state index contributed by atoms with van der Waals surface area (Å²) in [5.41, 5.74) is 2.29. The fourth-order valence-corrected chi connectivity index (χ4v) is 3.57. The molecular formula is C22H24N2O3. The lowest BCUT2D eigenvalue weighted by Gasteiger charge is -2.34. The molecule has 5 heteroatoms. The minimum absolute atomic E-state index is 0.210. The fourth-order valence-electron chi connectivity index (χ4n) is 3.57. The van der Waals surface area contributed by atoms with Gasteiger partial charge in [-0.15, -0.1) is 0 Å². The molecule has 0 N–H and O–H groups in total. The van der Waals surface area contributed by atoms with Crippen molar-refractivity contribution in [1.82, 2.24) is 4.98 Å². The van der Waals surface area contributed by atoms with E-state index < -0.39 is 0 Å². The summed E-state index contributed by atoms with van der Waals surface area (Å²) < 4.78 is 16.8. The highest BCUT2D eigenvalue weighted by atomic mass is 16.5. The molecule has 0 amide bonds. The highest BCUT2D eigenvalue weighted by Gasteiger charge is 2.21. The van der Waals surface area contributed by atoms with Crippen LogP contribution in [0.2, 0.25) is 0 Å². The van der Waals surface area contributed by atoms with E-state index in [-0.39, 0.29) is 6.10 Å². The highest BCUT2D eigenvalue weighted by Crippen LogP contribution is 2.32. The second-order valence-electron chi connectivity index (χ2n) is 6.70. The molecule has 3 aromatic rings. The number of nitrogens with zero attached hydrogens (tertiary/aromatic N) is 2. The zero-order valence-corrected chi connectivity index (χ0v) is 15.7. The minimum atomic E-state index is 0.210. The predicted octanol–water partition coefficient (Wildman–Crippen LogP) is 4.30. The molecule has 1 saturated heterocycles. The van der Waals surface area contributed by atoms with Gasteiger partial charge < -0.3 is 19.1 Å². The van der Waals surface area contributed by atoms with Gasteiger partial charge in [0.15, 0.2) is 11.5 Å². The van der Waals surface area contributed by atoms with Crippen LogP contribution in [-0.2, 0) is 0 Å². The van der Waals surface area contributed by atoms with Crippen LogP contribution >= 0.6 is 0 Å². The van der Waals surface area contributed by atoms with Crippen LogP contribution in [0.3, 0.4) is 0 Å². The standard InChI is InChI=1S/C22H24N2O3/c1-25-21-8-6-19(15-22(21)26-2)27-18-9-12-24(13-10-18)17-5-7-20-16(14-17)4-3-11-23-20/h3-8,11,14-15,18H,9-10,12-13H2,1-2H3. The Hall–Kier alpha value is -2.95. The van der Waals surface area contributed by atoms with Gasteiger partial charge in [0, 0.05) is 49.3 Å². The van der Waals surface area contributed by atoms with Crippen LogP contribution in [0.25, 0.3) is 10.9 Å². The Kier molecular flexibility index (Phi) is 5.01. The maximum Gasteiger partial charge on any atom is 0.164 e. The number of hydrogen-bond donors (Lipinski definition) is 0. The quantitative estimate of drug-likeness (QED) is 0.675. The van der Waals surface area contributed by atoms with E-state index in [1.165, 1.54) is 11.1 Å². The smallest absolute Gasteiger partial charge is 0.164 e. The number of ether oxygens (including phenoxy) is 3. The van der Waals surface area contributed by atoms with Crippen LogP contribution in [0.15, 0.2) is 54.7 Å². The maximum absolute atomic E-state index is 6.18. The van der Waals surface area contributed by atoms with Crippen molar-refractivity contribution >= 4 is 16.6 Å². The summed E-state index contributed by atoms with van der Waals surface area (Å²) in [5.74, 6) is 2.23. The Labute approximate surface area is 159 Å². The molecule has 0 atom stereocenters. The monoisotopic (exact) mass is 364 g/mol. The Morgan fingerprint density at radius 2 is 1.74 bits per heavy atom. The second kappa shape index (κ2) is 7.74. The fraction of sp³-hybridized carbons (Fsp3) is 0.318. The van der Waals surface area contributed by atoms with E-state index in [9.17, 15) is 0 Å². The van der Waals surface area contributed by atoms with E-state index in [0.29, 0.717) is 11.5 Å². The summed E-state index contributed by atoms with van der Waals surface area (Å²) in [4.78, 5) is 6.81. The maximum atomic E-state index is 6.18. The van der Waals surface area contributed by atoms with Crippen LogP contribution < -0.4 is 19.1 Å². The number of hydrogen-bond acceptors (Lipinski definition) is 5. The first-order chi connectivity index (χ1) is 13.3. The van der Waals surface area contributed by atoms with Gasteiger partial charge >= 0.3 is 0 Å².